The molecule has 1 fully saturated rings. The highest BCUT2D eigenvalue weighted by Gasteiger charge is 2.23. The lowest BCUT2D eigenvalue weighted by molar-refractivity contribution is 0.238. The summed E-state index contributed by atoms with van der Waals surface area (Å²) in [5.74, 6) is 1.74. The number of hydrogen-bond acceptors (Lipinski definition) is 2. The minimum atomic E-state index is 0.700. The summed E-state index contributed by atoms with van der Waals surface area (Å²) in [6.45, 7) is 12.4. The monoisotopic (exact) mass is 288 g/mol. The molecule has 0 aromatic heterocycles. The normalized spacial score (nSPS) is 25.8. The van der Waals surface area contributed by atoms with Gasteiger partial charge in [-0.05, 0) is 62.6 Å². The van der Waals surface area contributed by atoms with E-state index in [1.807, 2.05) is 0 Å². The Morgan fingerprint density at radius 1 is 0.952 bits per heavy atom. The Morgan fingerprint density at radius 2 is 1.52 bits per heavy atom. The molecule has 0 radical (unpaired) electrons. The van der Waals surface area contributed by atoms with Crippen molar-refractivity contribution < 1.29 is 0 Å². The Labute approximate surface area is 130 Å². The van der Waals surface area contributed by atoms with Gasteiger partial charge in [0.05, 0.1) is 0 Å². The third-order valence-corrected chi connectivity index (χ3v) is 4.84. The van der Waals surface area contributed by atoms with Crippen LogP contribution < -0.4 is 10.2 Å². The smallest absolute Gasteiger partial charge is 0.0366 e. The molecule has 21 heavy (non-hydrogen) atoms. The second kappa shape index (κ2) is 7.84. The predicted molar refractivity (Wildman–Crippen MR) is 92.8 cm³/mol. The summed E-state index contributed by atoms with van der Waals surface area (Å²) < 4.78 is 0. The average molecular weight is 288 g/mol. The predicted octanol–water partition coefficient (Wildman–Crippen LogP) is 4.45. The first-order valence-electron chi connectivity index (χ1n) is 8.69. The van der Waals surface area contributed by atoms with Crippen LogP contribution >= 0.6 is 0 Å². The quantitative estimate of drug-likeness (QED) is 0.832. The fraction of sp³-hybridized carbons (Fsp3) is 0.684. The number of hydrogen-bond donors (Lipinski definition) is 1. The maximum Gasteiger partial charge on any atom is 0.0366 e. The highest BCUT2D eigenvalue weighted by atomic mass is 15.1. The first-order chi connectivity index (χ1) is 10.1. The first-order valence-corrected chi connectivity index (χ1v) is 8.69. The number of nitrogens with one attached hydrogen (secondary N) is 1. The van der Waals surface area contributed by atoms with Crippen LogP contribution in [-0.2, 0) is 6.54 Å². The van der Waals surface area contributed by atoms with Crippen LogP contribution in [0.2, 0.25) is 0 Å². The fourth-order valence-corrected chi connectivity index (χ4v) is 3.79. The van der Waals surface area contributed by atoms with Gasteiger partial charge in [-0.3, -0.25) is 0 Å². The van der Waals surface area contributed by atoms with Crippen LogP contribution in [0.5, 0.6) is 0 Å². The lowest BCUT2D eigenvalue weighted by Gasteiger charge is -2.32. The van der Waals surface area contributed by atoms with Gasteiger partial charge < -0.3 is 10.2 Å². The molecule has 1 aromatic carbocycles. The third-order valence-electron chi connectivity index (χ3n) is 4.84. The Kier molecular flexibility index (Phi) is 6.10. The molecule has 0 amide bonds. The van der Waals surface area contributed by atoms with E-state index in [0.29, 0.717) is 6.04 Å². The standard InChI is InChI=1S/C19H32N2/c1-5-21(6-2)19-9-7-17(8-10-19)14-20-18-12-15(3)11-16(4)13-18/h7-10,15-16,18,20H,5-6,11-14H2,1-4H3. The molecule has 1 aliphatic carbocycles. The molecule has 1 aromatic rings. The Bertz CT molecular complexity index is 398. The molecule has 0 aliphatic heterocycles. The average Bonchev–Trinajstić information content (AvgIpc) is 2.47. The van der Waals surface area contributed by atoms with Crippen LogP contribution in [-0.4, -0.2) is 19.1 Å². The van der Waals surface area contributed by atoms with E-state index in [0.717, 1.165) is 31.5 Å². The zero-order valence-corrected chi connectivity index (χ0v) is 14.2. The van der Waals surface area contributed by atoms with E-state index in [2.05, 4.69) is 62.2 Å². The second-order valence-corrected chi connectivity index (χ2v) is 6.83. The van der Waals surface area contributed by atoms with Gasteiger partial charge in [-0.2, -0.15) is 0 Å². The van der Waals surface area contributed by atoms with Crippen LogP contribution in [0, 0.1) is 11.8 Å². The number of anilines is 1. The SMILES string of the molecule is CCN(CC)c1ccc(CNC2CC(C)CC(C)C2)cc1. The summed E-state index contributed by atoms with van der Waals surface area (Å²) in [6, 6.07) is 9.77. The molecule has 0 heterocycles. The summed E-state index contributed by atoms with van der Waals surface area (Å²) in [5, 5.41) is 3.76. The minimum absolute atomic E-state index is 0.700. The van der Waals surface area contributed by atoms with Crippen molar-refractivity contribution in [2.24, 2.45) is 11.8 Å². The van der Waals surface area contributed by atoms with E-state index in [-0.39, 0.29) is 0 Å². The molecule has 2 rings (SSSR count). The maximum atomic E-state index is 3.76. The van der Waals surface area contributed by atoms with Crippen LogP contribution in [0.25, 0.3) is 0 Å². The van der Waals surface area contributed by atoms with Crippen LogP contribution in [0.3, 0.4) is 0 Å². The van der Waals surface area contributed by atoms with Gasteiger partial charge in [0.25, 0.3) is 0 Å². The molecular weight excluding hydrogens is 256 g/mol. The van der Waals surface area contributed by atoms with E-state index >= 15 is 0 Å². The molecule has 0 bridgehead atoms. The Morgan fingerprint density at radius 3 is 2.05 bits per heavy atom. The van der Waals surface area contributed by atoms with Crippen molar-refractivity contribution in [2.75, 3.05) is 18.0 Å². The maximum absolute atomic E-state index is 3.76. The highest BCUT2D eigenvalue weighted by Crippen LogP contribution is 2.28. The van der Waals surface area contributed by atoms with Crippen molar-refractivity contribution in [3.8, 4) is 0 Å². The van der Waals surface area contributed by atoms with E-state index in [1.165, 1.54) is 30.5 Å². The topological polar surface area (TPSA) is 15.3 Å². The van der Waals surface area contributed by atoms with Crippen LogP contribution in [0.1, 0.15) is 52.5 Å². The van der Waals surface area contributed by atoms with Crippen molar-refractivity contribution in [1.29, 1.82) is 0 Å². The largest absolute Gasteiger partial charge is 0.372 e. The van der Waals surface area contributed by atoms with Gasteiger partial charge in [-0.25, -0.2) is 0 Å². The third kappa shape index (κ3) is 4.74. The zero-order valence-electron chi connectivity index (χ0n) is 14.2. The van der Waals surface area contributed by atoms with Crippen molar-refractivity contribution in [3.63, 3.8) is 0 Å². The lowest BCUT2D eigenvalue weighted by Crippen LogP contribution is -2.35. The Hall–Kier alpha value is -1.02. The van der Waals surface area contributed by atoms with E-state index < -0.39 is 0 Å². The van der Waals surface area contributed by atoms with Crippen molar-refractivity contribution in [2.45, 2.75) is 59.5 Å². The first kappa shape index (κ1) is 16.4. The molecule has 1 N–H and O–H groups in total. The fourth-order valence-electron chi connectivity index (χ4n) is 3.79. The van der Waals surface area contributed by atoms with Crippen LogP contribution in [0.15, 0.2) is 24.3 Å². The molecule has 2 nitrogen and oxygen atoms in total. The minimum Gasteiger partial charge on any atom is -0.372 e. The van der Waals surface area contributed by atoms with Gasteiger partial charge in [0.2, 0.25) is 0 Å². The Balaban J connectivity index is 1.86. The molecule has 118 valence electrons. The highest BCUT2D eigenvalue weighted by molar-refractivity contribution is 5.47. The van der Waals surface area contributed by atoms with Crippen molar-refractivity contribution in [3.05, 3.63) is 29.8 Å². The zero-order chi connectivity index (χ0) is 15.2. The number of benzene rings is 1. The van der Waals surface area contributed by atoms with Crippen molar-refractivity contribution >= 4 is 5.69 Å². The molecule has 1 saturated carbocycles. The van der Waals surface area contributed by atoms with Gasteiger partial charge in [0.15, 0.2) is 0 Å². The summed E-state index contributed by atoms with van der Waals surface area (Å²) in [7, 11) is 0. The molecule has 0 spiro atoms. The lowest BCUT2D eigenvalue weighted by atomic mass is 9.80. The number of nitrogens with zero attached hydrogens (tertiary/aromatic N) is 1. The summed E-state index contributed by atoms with van der Waals surface area (Å²) in [5.41, 5.74) is 2.74. The summed E-state index contributed by atoms with van der Waals surface area (Å²) >= 11 is 0. The van der Waals surface area contributed by atoms with Crippen molar-refractivity contribution in [1.82, 2.24) is 5.32 Å². The molecule has 2 unspecified atom stereocenters. The summed E-state index contributed by atoms with van der Waals surface area (Å²) in [6.07, 6.45) is 4.07. The molecule has 0 saturated heterocycles. The van der Waals surface area contributed by atoms with Gasteiger partial charge in [0.1, 0.15) is 0 Å². The van der Waals surface area contributed by atoms with Gasteiger partial charge in [0, 0.05) is 31.4 Å². The van der Waals surface area contributed by atoms with Gasteiger partial charge in [-0.15, -0.1) is 0 Å². The number of rotatable bonds is 6. The molecule has 2 heteroatoms. The van der Waals surface area contributed by atoms with Crippen LogP contribution in [0.4, 0.5) is 5.69 Å². The van der Waals surface area contributed by atoms with Gasteiger partial charge >= 0.3 is 0 Å². The van der Waals surface area contributed by atoms with Gasteiger partial charge in [-0.1, -0.05) is 26.0 Å². The molecular formula is C19H32N2. The molecule has 1 aliphatic rings. The van der Waals surface area contributed by atoms with E-state index in [9.17, 15) is 0 Å². The second-order valence-electron chi connectivity index (χ2n) is 6.83. The van der Waals surface area contributed by atoms with E-state index in [4.69, 9.17) is 0 Å². The summed E-state index contributed by atoms with van der Waals surface area (Å²) in [4.78, 5) is 2.39. The molecule has 2 atom stereocenters. The van der Waals surface area contributed by atoms with E-state index in [1.54, 1.807) is 0 Å².